The Morgan fingerprint density at radius 1 is 1.16 bits per heavy atom. The Morgan fingerprint density at radius 2 is 1.97 bits per heavy atom. The van der Waals surface area contributed by atoms with Crippen molar-refractivity contribution >= 4 is 46.7 Å². The van der Waals surface area contributed by atoms with Crippen LogP contribution in [0.1, 0.15) is 10.4 Å². The van der Waals surface area contributed by atoms with Gasteiger partial charge in [0.1, 0.15) is 12.1 Å². The van der Waals surface area contributed by atoms with Crippen molar-refractivity contribution in [3.05, 3.63) is 59.5 Å². The maximum atomic E-state index is 13.0. The lowest BCUT2D eigenvalue weighted by Gasteiger charge is -2.35. The number of piperazine rings is 1. The monoisotopic (exact) mass is 471 g/mol. The number of hydrogen-bond acceptors (Lipinski definition) is 7. The predicted octanol–water partition coefficient (Wildman–Crippen LogP) is 2.56. The van der Waals surface area contributed by atoms with Crippen molar-refractivity contribution < 1.29 is 9.59 Å². The first-order valence-corrected chi connectivity index (χ1v) is 11.4. The van der Waals surface area contributed by atoms with Gasteiger partial charge in [0.25, 0.3) is 5.91 Å². The number of amides is 2. The van der Waals surface area contributed by atoms with Crippen LogP contribution in [0.2, 0.25) is 5.02 Å². The number of benzene rings is 1. The van der Waals surface area contributed by atoms with Crippen molar-refractivity contribution in [3.8, 4) is 0 Å². The number of carbonyl (C=O) groups excluding carboxylic acids is 2. The summed E-state index contributed by atoms with van der Waals surface area (Å²) in [7, 11) is 1.82. The van der Waals surface area contributed by atoms with E-state index >= 15 is 0 Å². The van der Waals surface area contributed by atoms with E-state index in [9.17, 15) is 9.59 Å². The number of nitrogens with one attached hydrogen (secondary N) is 1. The molecule has 4 rings (SSSR count). The average Bonchev–Trinajstić information content (AvgIpc) is 3.22. The predicted molar refractivity (Wildman–Crippen MR) is 124 cm³/mol. The summed E-state index contributed by atoms with van der Waals surface area (Å²) in [5.74, 6) is 0.692. The Kier molecular flexibility index (Phi) is 6.91. The first-order chi connectivity index (χ1) is 15.5. The van der Waals surface area contributed by atoms with Gasteiger partial charge in [0.15, 0.2) is 5.16 Å². The molecule has 0 aliphatic carbocycles. The van der Waals surface area contributed by atoms with Gasteiger partial charge in [-0.2, -0.15) is 0 Å². The molecule has 0 atom stereocenters. The van der Waals surface area contributed by atoms with Gasteiger partial charge in [-0.1, -0.05) is 29.4 Å². The summed E-state index contributed by atoms with van der Waals surface area (Å²) >= 11 is 7.54. The minimum atomic E-state index is -0.177. The number of halogens is 1. The van der Waals surface area contributed by atoms with Crippen molar-refractivity contribution in [2.75, 3.05) is 42.1 Å². The van der Waals surface area contributed by atoms with Crippen LogP contribution in [-0.4, -0.2) is 68.4 Å². The minimum Gasteiger partial charge on any atom is -0.352 e. The molecular weight excluding hydrogens is 450 g/mol. The number of hydrogen-bond donors (Lipinski definition) is 1. The van der Waals surface area contributed by atoms with Crippen LogP contribution in [0.3, 0.4) is 0 Å². The Bertz CT molecular complexity index is 1110. The molecule has 0 bridgehead atoms. The SMILES string of the molecule is Cn1cnnc1SCC(=O)Nc1cccc(C(=O)N2CCN(c3ncccc3Cl)CC2)c1. The quantitative estimate of drug-likeness (QED) is 0.552. The fraction of sp³-hybridized carbons (Fsp3) is 0.286. The van der Waals surface area contributed by atoms with Crippen molar-refractivity contribution in [2.24, 2.45) is 7.05 Å². The van der Waals surface area contributed by atoms with E-state index in [4.69, 9.17) is 11.6 Å². The summed E-state index contributed by atoms with van der Waals surface area (Å²) in [6.45, 7) is 2.43. The number of pyridine rings is 1. The largest absolute Gasteiger partial charge is 0.352 e. The molecule has 1 aromatic carbocycles. The van der Waals surface area contributed by atoms with E-state index in [0.717, 1.165) is 5.82 Å². The fourth-order valence-electron chi connectivity index (χ4n) is 3.37. The first-order valence-electron chi connectivity index (χ1n) is 10.0. The second-order valence-corrected chi connectivity index (χ2v) is 8.58. The van der Waals surface area contributed by atoms with E-state index in [1.165, 1.54) is 11.8 Å². The Balaban J connectivity index is 1.33. The fourth-order valence-corrected chi connectivity index (χ4v) is 4.30. The van der Waals surface area contributed by atoms with E-state index in [2.05, 4.69) is 25.4 Å². The van der Waals surface area contributed by atoms with E-state index in [-0.39, 0.29) is 17.6 Å². The second-order valence-electron chi connectivity index (χ2n) is 7.23. The number of nitrogens with zero attached hydrogens (tertiary/aromatic N) is 6. The van der Waals surface area contributed by atoms with Gasteiger partial charge in [-0.05, 0) is 30.3 Å². The zero-order valence-electron chi connectivity index (χ0n) is 17.4. The van der Waals surface area contributed by atoms with Gasteiger partial charge in [-0.3, -0.25) is 9.59 Å². The van der Waals surface area contributed by atoms with Crippen molar-refractivity contribution in [2.45, 2.75) is 5.16 Å². The third-order valence-corrected chi connectivity index (χ3v) is 6.33. The van der Waals surface area contributed by atoms with Crippen LogP contribution in [0.15, 0.2) is 54.1 Å². The molecule has 0 spiro atoms. The molecule has 1 N–H and O–H groups in total. The maximum absolute atomic E-state index is 13.0. The van der Waals surface area contributed by atoms with Crippen molar-refractivity contribution in [3.63, 3.8) is 0 Å². The number of rotatable bonds is 6. The molecule has 0 radical (unpaired) electrons. The molecule has 1 fully saturated rings. The number of anilines is 2. The molecule has 0 unspecified atom stereocenters. The van der Waals surface area contributed by atoms with Crippen LogP contribution >= 0.6 is 23.4 Å². The summed E-state index contributed by atoms with van der Waals surface area (Å²) in [5.41, 5.74) is 1.12. The number of carbonyl (C=O) groups is 2. The van der Waals surface area contributed by atoms with Gasteiger partial charge >= 0.3 is 0 Å². The second kappa shape index (κ2) is 10.0. The van der Waals surface area contributed by atoms with Crippen LogP contribution in [-0.2, 0) is 11.8 Å². The molecule has 3 heterocycles. The summed E-state index contributed by atoms with van der Waals surface area (Å²) < 4.78 is 1.75. The van der Waals surface area contributed by atoms with E-state index in [1.807, 2.05) is 13.1 Å². The number of aryl methyl sites for hydroxylation is 1. The molecule has 2 aromatic heterocycles. The maximum Gasteiger partial charge on any atom is 0.254 e. The molecule has 9 nitrogen and oxygen atoms in total. The average molecular weight is 472 g/mol. The summed E-state index contributed by atoms with van der Waals surface area (Å²) in [5, 5.41) is 11.8. The molecule has 3 aromatic rings. The molecule has 11 heteroatoms. The summed E-state index contributed by atoms with van der Waals surface area (Å²) in [6.07, 6.45) is 3.30. The topological polar surface area (TPSA) is 96.2 Å². The van der Waals surface area contributed by atoms with Gasteiger partial charge in [0.2, 0.25) is 5.91 Å². The molecule has 1 aliphatic rings. The highest BCUT2D eigenvalue weighted by molar-refractivity contribution is 7.99. The lowest BCUT2D eigenvalue weighted by Crippen LogP contribution is -2.49. The van der Waals surface area contributed by atoms with Crippen molar-refractivity contribution in [1.29, 1.82) is 0 Å². The van der Waals surface area contributed by atoms with Crippen LogP contribution in [0, 0.1) is 0 Å². The van der Waals surface area contributed by atoms with Gasteiger partial charge < -0.3 is 19.7 Å². The Hall–Kier alpha value is -3.11. The molecule has 2 amide bonds. The first kappa shape index (κ1) is 22.1. The van der Waals surface area contributed by atoms with E-state index in [1.54, 1.807) is 52.3 Å². The van der Waals surface area contributed by atoms with Crippen molar-refractivity contribution in [1.82, 2.24) is 24.6 Å². The van der Waals surface area contributed by atoms with Gasteiger partial charge in [0.05, 0.1) is 10.8 Å². The Morgan fingerprint density at radius 3 is 2.69 bits per heavy atom. The zero-order chi connectivity index (χ0) is 22.5. The Labute approximate surface area is 194 Å². The molecule has 0 saturated carbocycles. The molecule has 1 saturated heterocycles. The van der Waals surface area contributed by atoms with E-state index in [0.29, 0.717) is 47.6 Å². The van der Waals surface area contributed by atoms with Crippen LogP contribution in [0.4, 0.5) is 11.5 Å². The molecular formula is C21H22ClN7O2S. The molecule has 1 aliphatic heterocycles. The highest BCUT2D eigenvalue weighted by Crippen LogP contribution is 2.24. The van der Waals surface area contributed by atoms with Crippen LogP contribution < -0.4 is 10.2 Å². The highest BCUT2D eigenvalue weighted by Gasteiger charge is 2.24. The molecule has 166 valence electrons. The number of thioether (sulfide) groups is 1. The lowest BCUT2D eigenvalue weighted by molar-refractivity contribution is -0.113. The van der Waals surface area contributed by atoms with E-state index < -0.39 is 0 Å². The third kappa shape index (κ3) is 5.20. The van der Waals surface area contributed by atoms with Crippen LogP contribution in [0.25, 0.3) is 0 Å². The smallest absolute Gasteiger partial charge is 0.254 e. The third-order valence-electron chi connectivity index (χ3n) is 5.00. The zero-order valence-corrected chi connectivity index (χ0v) is 19.0. The van der Waals surface area contributed by atoms with Gasteiger partial charge in [0, 0.05) is 50.7 Å². The number of aromatic nitrogens is 4. The minimum absolute atomic E-state index is 0.0682. The summed E-state index contributed by atoms with van der Waals surface area (Å²) in [4.78, 5) is 33.5. The summed E-state index contributed by atoms with van der Waals surface area (Å²) in [6, 6.07) is 10.6. The van der Waals surface area contributed by atoms with Crippen LogP contribution in [0.5, 0.6) is 0 Å². The lowest BCUT2D eigenvalue weighted by atomic mass is 10.1. The molecule has 32 heavy (non-hydrogen) atoms. The van der Waals surface area contributed by atoms with Gasteiger partial charge in [-0.25, -0.2) is 4.98 Å². The highest BCUT2D eigenvalue weighted by atomic mass is 35.5. The van der Waals surface area contributed by atoms with Gasteiger partial charge in [-0.15, -0.1) is 10.2 Å². The standard InChI is InChI=1S/C21H22ClN7O2S/c1-27-14-24-26-21(27)32-13-18(30)25-16-5-2-4-15(12-16)20(31)29-10-8-28(9-11-29)19-17(22)6-3-7-23-19/h2-7,12,14H,8-11,13H2,1H3,(H,25,30). The normalized spacial score (nSPS) is 13.8.